The topological polar surface area (TPSA) is 133 Å². The summed E-state index contributed by atoms with van der Waals surface area (Å²) in [5.74, 6) is -8.25. The van der Waals surface area contributed by atoms with Crippen molar-refractivity contribution in [2.24, 2.45) is 0 Å². The molecule has 0 unspecified atom stereocenters. The summed E-state index contributed by atoms with van der Waals surface area (Å²) in [6, 6.07) is 7.31. The average molecular weight is 675 g/mol. The second kappa shape index (κ2) is 11.0. The number of carbonyl (C=O) groups is 2. The van der Waals surface area contributed by atoms with Crippen molar-refractivity contribution in [2.45, 2.75) is 44.5 Å². The highest BCUT2D eigenvalue weighted by Gasteiger charge is 2.62. The van der Waals surface area contributed by atoms with Crippen LogP contribution in [0.4, 0.5) is 27.6 Å². The number of benzene rings is 1. The molecule has 1 aromatic carbocycles. The van der Waals surface area contributed by atoms with Crippen LogP contribution in [-0.4, -0.2) is 59.0 Å². The van der Waals surface area contributed by atoms with Gasteiger partial charge >= 0.3 is 12.1 Å². The van der Waals surface area contributed by atoms with Crippen LogP contribution in [0.5, 0.6) is 0 Å². The second-order valence-corrected chi connectivity index (χ2v) is 10.6. The van der Waals surface area contributed by atoms with E-state index >= 15 is 0 Å². The molecule has 1 saturated carbocycles. The van der Waals surface area contributed by atoms with Gasteiger partial charge in [0.15, 0.2) is 5.82 Å². The number of alkyl halides is 5. The van der Waals surface area contributed by atoms with Gasteiger partial charge < -0.3 is 10.6 Å². The Morgan fingerprint density at radius 2 is 1.88 bits per heavy atom. The van der Waals surface area contributed by atoms with Gasteiger partial charge in [0.25, 0.3) is 11.8 Å². The zero-order chi connectivity index (χ0) is 30.4. The monoisotopic (exact) mass is 673 g/mol. The Morgan fingerprint density at radius 1 is 1.14 bits per heavy atom. The van der Waals surface area contributed by atoms with Crippen LogP contribution in [-0.2, 0) is 12.5 Å². The third-order valence-electron chi connectivity index (χ3n) is 6.11. The van der Waals surface area contributed by atoms with E-state index in [0.29, 0.717) is 10.0 Å². The Hall–Kier alpha value is -3.99. The molecular formula is C24H18BrClF5N9O2. The highest BCUT2D eigenvalue weighted by Crippen LogP contribution is 2.42. The van der Waals surface area contributed by atoms with Crippen LogP contribution in [0.25, 0.3) is 5.82 Å². The van der Waals surface area contributed by atoms with Crippen LogP contribution in [0, 0.1) is 6.92 Å². The normalized spacial score (nSPS) is 13.7. The van der Waals surface area contributed by atoms with Crippen molar-refractivity contribution in [3.63, 3.8) is 0 Å². The van der Waals surface area contributed by atoms with Crippen molar-refractivity contribution in [3.8, 4) is 5.82 Å². The molecule has 0 spiro atoms. The quantitative estimate of drug-likeness (QED) is 0.256. The van der Waals surface area contributed by atoms with Crippen molar-refractivity contribution >= 4 is 45.0 Å². The number of hydrogen-bond acceptors (Lipinski definition) is 7. The lowest BCUT2D eigenvalue weighted by Gasteiger charge is -2.18. The van der Waals surface area contributed by atoms with Crippen molar-refractivity contribution in [2.75, 3.05) is 5.32 Å². The Labute approximate surface area is 246 Å². The summed E-state index contributed by atoms with van der Waals surface area (Å²) in [4.78, 5) is 30.8. The number of hydrogen-bond donors (Lipinski definition) is 2. The molecule has 0 bridgehead atoms. The van der Waals surface area contributed by atoms with E-state index in [-0.39, 0.29) is 44.2 Å². The highest BCUT2D eigenvalue weighted by atomic mass is 79.9. The van der Waals surface area contributed by atoms with E-state index in [9.17, 15) is 31.5 Å². The van der Waals surface area contributed by atoms with Gasteiger partial charge in [-0.25, -0.2) is 14.3 Å². The lowest BCUT2D eigenvalue weighted by atomic mass is 10.1. The summed E-state index contributed by atoms with van der Waals surface area (Å²) in [7, 11) is 0. The van der Waals surface area contributed by atoms with Crippen molar-refractivity contribution < 1.29 is 31.5 Å². The summed E-state index contributed by atoms with van der Waals surface area (Å²) >= 11 is 9.48. The van der Waals surface area contributed by atoms with Gasteiger partial charge in [0.1, 0.15) is 5.69 Å². The van der Waals surface area contributed by atoms with Crippen LogP contribution in [0.2, 0.25) is 5.02 Å². The molecule has 1 aliphatic carbocycles. The SMILES string of the molecule is Cc1cc(Cl)cc(C(=O)NC2CC2)c1NC(=O)c1cc(Cn2nnnc2C(F)(F)C(F)(F)F)nn1-c1ncccc1Br. The summed E-state index contributed by atoms with van der Waals surface area (Å²) in [6.45, 7) is 0.883. The van der Waals surface area contributed by atoms with E-state index in [2.05, 4.69) is 52.2 Å². The Kier molecular flexibility index (Phi) is 7.74. The molecule has 0 saturated heterocycles. The van der Waals surface area contributed by atoms with Gasteiger partial charge in [-0.2, -0.15) is 27.1 Å². The Morgan fingerprint density at radius 3 is 2.55 bits per heavy atom. The molecule has 18 heteroatoms. The summed E-state index contributed by atoms with van der Waals surface area (Å²) < 4.78 is 68.8. The number of anilines is 1. The molecule has 4 aromatic rings. The zero-order valence-corrected chi connectivity index (χ0v) is 23.6. The molecule has 2 amide bonds. The number of amides is 2. The van der Waals surface area contributed by atoms with Gasteiger partial charge in [0.05, 0.1) is 28.0 Å². The fraction of sp³-hybridized carbons (Fsp3) is 0.292. The van der Waals surface area contributed by atoms with Gasteiger partial charge in [0.2, 0.25) is 5.82 Å². The molecule has 5 rings (SSSR count). The van der Waals surface area contributed by atoms with Crippen molar-refractivity contribution in [3.05, 3.63) is 74.4 Å². The number of nitrogens with one attached hydrogen (secondary N) is 2. The van der Waals surface area contributed by atoms with E-state index in [0.717, 1.165) is 23.6 Å². The fourth-order valence-electron chi connectivity index (χ4n) is 3.94. The minimum atomic E-state index is -5.96. The van der Waals surface area contributed by atoms with E-state index in [1.54, 1.807) is 25.1 Å². The fourth-order valence-corrected chi connectivity index (χ4v) is 4.63. The summed E-state index contributed by atoms with van der Waals surface area (Å²) in [6.07, 6.45) is -2.91. The minimum absolute atomic E-state index is 0.0201. The molecule has 220 valence electrons. The number of carbonyl (C=O) groups excluding carboxylic acids is 2. The molecule has 0 aliphatic heterocycles. The van der Waals surface area contributed by atoms with Gasteiger partial charge in [0, 0.05) is 17.3 Å². The predicted octanol–water partition coefficient (Wildman–Crippen LogP) is 4.83. The molecule has 0 atom stereocenters. The van der Waals surface area contributed by atoms with Gasteiger partial charge in [-0.15, -0.1) is 5.10 Å². The van der Waals surface area contributed by atoms with Crippen LogP contribution >= 0.6 is 27.5 Å². The van der Waals surface area contributed by atoms with Gasteiger partial charge in [-0.05, 0) is 82.0 Å². The van der Waals surface area contributed by atoms with Crippen LogP contribution < -0.4 is 10.6 Å². The molecule has 1 aliphatic rings. The van der Waals surface area contributed by atoms with Crippen LogP contribution in [0.3, 0.4) is 0 Å². The lowest BCUT2D eigenvalue weighted by molar-refractivity contribution is -0.293. The first-order chi connectivity index (χ1) is 19.8. The number of aromatic nitrogens is 7. The average Bonchev–Trinajstić information content (AvgIpc) is 3.42. The third-order valence-corrected chi connectivity index (χ3v) is 6.95. The standard InChI is InChI=1S/C24H18BrClF5N9O2/c1-11-7-12(26)8-15(20(41)33-13-4-5-13)18(11)34-21(42)17-9-14(36-40(17)19-16(25)3-2-6-32-19)10-39-22(35-37-38-39)23(27,28)24(29,30)31/h2-3,6-9,13H,4-5,10H2,1H3,(H,33,41)(H,34,42). The second-order valence-electron chi connectivity index (χ2n) is 9.32. The van der Waals surface area contributed by atoms with E-state index in [4.69, 9.17) is 11.6 Å². The van der Waals surface area contributed by atoms with Crippen LogP contribution in [0.1, 0.15) is 50.8 Å². The Balaban J connectivity index is 1.54. The maximum Gasteiger partial charge on any atom is 0.461 e. The van der Waals surface area contributed by atoms with Crippen molar-refractivity contribution in [1.29, 1.82) is 0 Å². The number of tetrazole rings is 1. The number of aryl methyl sites for hydroxylation is 1. The number of rotatable bonds is 8. The molecule has 3 heterocycles. The maximum atomic E-state index is 14.0. The van der Waals surface area contributed by atoms with Gasteiger partial charge in [-0.1, -0.05) is 11.6 Å². The van der Waals surface area contributed by atoms with E-state index in [1.165, 1.54) is 12.3 Å². The molecule has 1 fully saturated rings. The highest BCUT2D eigenvalue weighted by molar-refractivity contribution is 9.10. The first-order valence-corrected chi connectivity index (χ1v) is 13.3. The van der Waals surface area contributed by atoms with E-state index < -0.39 is 36.3 Å². The predicted molar refractivity (Wildman–Crippen MR) is 141 cm³/mol. The maximum absolute atomic E-state index is 14.0. The molecule has 42 heavy (non-hydrogen) atoms. The molecular weight excluding hydrogens is 657 g/mol. The number of pyridine rings is 1. The zero-order valence-electron chi connectivity index (χ0n) is 21.3. The molecule has 0 radical (unpaired) electrons. The van der Waals surface area contributed by atoms with E-state index in [1.807, 2.05) is 0 Å². The smallest absolute Gasteiger partial charge is 0.349 e. The summed E-state index contributed by atoms with van der Waals surface area (Å²) in [5, 5.41) is 19.1. The van der Waals surface area contributed by atoms with Crippen molar-refractivity contribution in [1.82, 2.24) is 40.3 Å². The first kappa shape index (κ1) is 29.5. The largest absolute Gasteiger partial charge is 0.461 e. The molecule has 11 nitrogen and oxygen atoms in total. The summed E-state index contributed by atoms with van der Waals surface area (Å²) in [5.41, 5.74) is 0.394. The minimum Gasteiger partial charge on any atom is -0.349 e. The van der Waals surface area contributed by atoms with Gasteiger partial charge in [-0.3, -0.25) is 9.59 Å². The molecule has 2 N–H and O–H groups in total. The Bertz CT molecular complexity index is 1690. The number of halogens is 7. The van der Waals surface area contributed by atoms with Crippen LogP contribution in [0.15, 0.2) is 41.0 Å². The third kappa shape index (κ3) is 5.83. The lowest BCUT2D eigenvalue weighted by Crippen LogP contribution is -2.36. The number of nitrogens with zero attached hydrogens (tertiary/aromatic N) is 7. The molecule has 3 aromatic heterocycles. The first-order valence-electron chi connectivity index (χ1n) is 12.1.